The lowest BCUT2D eigenvalue weighted by atomic mass is 9.73. The number of carbonyl (C=O) groups is 1. The van der Waals surface area contributed by atoms with E-state index in [0.29, 0.717) is 11.9 Å². The Labute approximate surface area is 143 Å². The Morgan fingerprint density at radius 1 is 1.28 bits per heavy atom. The highest BCUT2D eigenvalue weighted by atomic mass is 19.2. The molecule has 0 amide bonds. The molecule has 4 nitrogen and oxygen atoms in total. The molecule has 2 aromatic rings. The van der Waals surface area contributed by atoms with Gasteiger partial charge in [-0.3, -0.25) is 4.79 Å². The SMILES string of the molecule is CCOC(=O)c1cn2c3c(c(F)c(F)cc3c1=O)CCCC21CCC1. The van der Waals surface area contributed by atoms with Gasteiger partial charge < -0.3 is 9.30 Å². The summed E-state index contributed by atoms with van der Waals surface area (Å²) in [6, 6.07) is 0.924. The van der Waals surface area contributed by atoms with Gasteiger partial charge >= 0.3 is 5.97 Å². The predicted molar refractivity (Wildman–Crippen MR) is 88.8 cm³/mol. The summed E-state index contributed by atoms with van der Waals surface area (Å²) < 4.78 is 35.4. The first-order chi connectivity index (χ1) is 12.0. The number of nitrogens with zero attached hydrogens (tertiary/aromatic N) is 1. The van der Waals surface area contributed by atoms with E-state index in [1.54, 1.807) is 6.92 Å². The number of hydrogen-bond acceptors (Lipinski definition) is 3. The standard InChI is InChI=1S/C19H19F2NO3/c1-2-25-18(24)13-10-22-16-11(5-3-6-19(22)7-4-8-19)15(21)14(20)9-12(16)17(13)23/h9-10H,2-8H2,1H3. The number of aromatic nitrogens is 1. The quantitative estimate of drug-likeness (QED) is 0.779. The van der Waals surface area contributed by atoms with Crippen molar-refractivity contribution in [3.63, 3.8) is 0 Å². The fourth-order valence-corrected chi connectivity index (χ4v) is 4.26. The molecule has 1 aromatic carbocycles. The largest absolute Gasteiger partial charge is 0.462 e. The van der Waals surface area contributed by atoms with Crippen LogP contribution < -0.4 is 5.43 Å². The van der Waals surface area contributed by atoms with Crippen molar-refractivity contribution in [2.24, 2.45) is 0 Å². The zero-order valence-corrected chi connectivity index (χ0v) is 14.0. The molecule has 1 spiro atoms. The van der Waals surface area contributed by atoms with Crippen LogP contribution in [0.1, 0.15) is 54.9 Å². The van der Waals surface area contributed by atoms with E-state index in [1.807, 2.05) is 4.57 Å². The third-order valence-electron chi connectivity index (χ3n) is 5.63. The van der Waals surface area contributed by atoms with Crippen LogP contribution in [0.4, 0.5) is 8.78 Å². The highest BCUT2D eigenvalue weighted by Gasteiger charge is 2.41. The first-order valence-corrected chi connectivity index (χ1v) is 8.72. The van der Waals surface area contributed by atoms with Crippen LogP contribution in [0.5, 0.6) is 0 Å². The van der Waals surface area contributed by atoms with Gasteiger partial charge in [0.2, 0.25) is 5.43 Å². The Balaban J connectivity index is 2.12. The van der Waals surface area contributed by atoms with Gasteiger partial charge in [0.15, 0.2) is 11.6 Å². The number of benzene rings is 1. The molecule has 0 bridgehead atoms. The van der Waals surface area contributed by atoms with Crippen LogP contribution in [0.15, 0.2) is 17.1 Å². The zero-order chi connectivity index (χ0) is 17.8. The fourth-order valence-electron chi connectivity index (χ4n) is 4.26. The molecule has 0 atom stereocenters. The normalized spacial score (nSPS) is 18.0. The number of esters is 1. The molecule has 0 saturated heterocycles. The lowest BCUT2D eigenvalue weighted by Gasteiger charge is -2.44. The van der Waals surface area contributed by atoms with Crippen molar-refractivity contribution in [1.29, 1.82) is 0 Å². The second kappa shape index (κ2) is 5.64. The topological polar surface area (TPSA) is 48.3 Å². The van der Waals surface area contributed by atoms with E-state index in [-0.39, 0.29) is 28.7 Å². The highest BCUT2D eigenvalue weighted by Crippen LogP contribution is 2.47. The van der Waals surface area contributed by atoms with Crippen molar-refractivity contribution >= 4 is 16.9 Å². The Kier molecular flexibility index (Phi) is 3.67. The molecule has 132 valence electrons. The van der Waals surface area contributed by atoms with Crippen LogP contribution in [-0.4, -0.2) is 17.1 Å². The summed E-state index contributed by atoms with van der Waals surface area (Å²) in [6.07, 6.45) is 6.30. The van der Waals surface area contributed by atoms with Gasteiger partial charge in [0.1, 0.15) is 5.56 Å². The Bertz CT molecular complexity index is 944. The van der Waals surface area contributed by atoms with E-state index in [2.05, 4.69) is 0 Å². The molecular formula is C19H19F2NO3. The average Bonchev–Trinajstić information content (AvgIpc) is 2.72. The summed E-state index contributed by atoms with van der Waals surface area (Å²) in [5, 5.41) is 0.0626. The predicted octanol–water partition coefficient (Wildman–Crippen LogP) is 3.67. The lowest BCUT2D eigenvalue weighted by molar-refractivity contribution is 0.0522. The minimum atomic E-state index is -1.04. The minimum Gasteiger partial charge on any atom is -0.462 e. The maximum Gasteiger partial charge on any atom is 0.343 e. The summed E-state index contributed by atoms with van der Waals surface area (Å²) in [4.78, 5) is 25.0. The fraction of sp³-hybridized carbons (Fsp3) is 0.474. The zero-order valence-electron chi connectivity index (χ0n) is 14.0. The van der Waals surface area contributed by atoms with Crippen LogP contribution in [0, 0.1) is 11.6 Å². The number of fused-ring (bicyclic) bond motifs is 1. The summed E-state index contributed by atoms with van der Waals surface area (Å²) in [6.45, 7) is 1.80. The van der Waals surface area contributed by atoms with Gasteiger partial charge in [0.05, 0.1) is 12.1 Å². The van der Waals surface area contributed by atoms with Gasteiger partial charge in [0.25, 0.3) is 0 Å². The third kappa shape index (κ3) is 2.23. The maximum absolute atomic E-state index is 14.4. The maximum atomic E-state index is 14.4. The van der Waals surface area contributed by atoms with Crippen LogP contribution in [-0.2, 0) is 16.7 Å². The molecule has 1 aliphatic carbocycles. The summed E-state index contributed by atoms with van der Waals surface area (Å²) in [5.41, 5.74) is -0.246. The van der Waals surface area contributed by atoms with E-state index < -0.39 is 23.0 Å². The first-order valence-electron chi connectivity index (χ1n) is 8.72. The highest BCUT2D eigenvalue weighted by molar-refractivity contribution is 5.94. The van der Waals surface area contributed by atoms with Crippen molar-refractivity contribution < 1.29 is 18.3 Å². The van der Waals surface area contributed by atoms with Gasteiger partial charge in [-0.1, -0.05) is 0 Å². The Morgan fingerprint density at radius 2 is 2.00 bits per heavy atom. The Hall–Kier alpha value is -2.24. The minimum absolute atomic E-state index is 0.0626. The molecule has 2 aliphatic rings. The molecule has 6 heteroatoms. The average molecular weight is 347 g/mol. The van der Waals surface area contributed by atoms with Crippen LogP contribution in [0.25, 0.3) is 10.9 Å². The molecule has 25 heavy (non-hydrogen) atoms. The number of aryl methyl sites for hydroxylation is 1. The van der Waals surface area contributed by atoms with Gasteiger partial charge in [-0.15, -0.1) is 0 Å². The molecule has 1 aliphatic heterocycles. The van der Waals surface area contributed by atoms with Crippen molar-refractivity contribution in [1.82, 2.24) is 4.57 Å². The molecule has 2 heterocycles. The van der Waals surface area contributed by atoms with Crippen molar-refractivity contribution in [3.8, 4) is 0 Å². The van der Waals surface area contributed by atoms with Crippen LogP contribution in [0.2, 0.25) is 0 Å². The molecule has 1 fully saturated rings. The van der Waals surface area contributed by atoms with Crippen molar-refractivity contribution in [3.05, 3.63) is 45.2 Å². The summed E-state index contributed by atoms with van der Waals surface area (Å²) in [7, 11) is 0. The number of carbonyl (C=O) groups excluding carboxylic acids is 1. The van der Waals surface area contributed by atoms with Gasteiger partial charge in [-0.25, -0.2) is 13.6 Å². The van der Waals surface area contributed by atoms with Gasteiger partial charge in [-0.2, -0.15) is 0 Å². The van der Waals surface area contributed by atoms with E-state index in [1.165, 1.54) is 6.20 Å². The molecule has 0 N–H and O–H groups in total. The van der Waals surface area contributed by atoms with Crippen LogP contribution in [0.3, 0.4) is 0 Å². The van der Waals surface area contributed by atoms with E-state index >= 15 is 0 Å². The van der Waals surface area contributed by atoms with Gasteiger partial charge in [-0.05, 0) is 51.5 Å². The number of hydrogen-bond donors (Lipinski definition) is 0. The van der Waals surface area contributed by atoms with Gasteiger partial charge in [0, 0.05) is 22.7 Å². The van der Waals surface area contributed by atoms with E-state index in [0.717, 1.165) is 38.2 Å². The first kappa shape index (κ1) is 16.2. The molecule has 0 unspecified atom stereocenters. The third-order valence-corrected chi connectivity index (χ3v) is 5.63. The second-order valence-corrected chi connectivity index (χ2v) is 6.94. The smallest absolute Gasteiger partial charge is 0.343 e. The molecular weight excluding hydrogens is 328 g/mol. The number of pyridine rings is 1. The lowest BCUT2D eigenvalue weighted by Crippen LogP contribution is -2.41. The molecule has 0 radical (unpaired) electrons. The molecule has 1 saturated carbocycles. The van der Waals surface area contributed by atoms with Crippen LogP contribution >= 0.6 is 0 Å². The number of ether oxygens (including phenoxy) is 1. The van der Waals surface area contributed by atoms with Crippen molar-refractivity contribution in [2.75, 3.05) is 6.61 Å². The monoisotopic (exact) mass is 347 g/mol. The number of rotatable bonds is 2. The van der Waals surface area contributed by atoms with E-state index in [4.69, 9.17) is 4.74 Å². The van der Waals surface area contributed by atoms with E-state index in [9.17, 15) is 18.4 Å². The molecule has 4 rings (SSSR count). The molecule has 1 aromatic heterocycles. The summed E-state index contributed by atoms with van der Waals surface area (Å²) >= 11 is 0. The Morgan fingerprint density at radius 3 is 2.64 bits per heavy atom. The van der Waals surface area contributed by atoms with Crippen molar-refractivity contribution in [2.45, 2.75) is 51.0 Å². The second-order valence-electron chi connectivity index (χ2n) is 6.94. The summed E-state index contributed by atoms with van der Waals surface area (Å²) in [5.74, 6) is -2.65. The number of halogens is 2.